The summed E-state index contributed by atoms with van der Waals surface area (Å²) in [5, 5.41) is 12.8. The van der Waals surface area contributed by atoms with Crippen LogP contribution in [0, 0.1) is 0 Å². The van der Waals surface area contributed by atoms with Gasteiger partial charge in [-0.05, 0) is 89.8 Å². The summed E-state index contributed by atoms with van der Waals surface area (Å²) in [4.78, 5) is 0. The highest BCUT2D eigenvalue weighted by atomic mass is 28.3. The number of hydrogen-bond donors (Lipinski definition) is 0. The van der Waals surface area contributed by atoms with Crippen LogP contribution in [0.3, 0.4) is 0 Å². The molecule has 0 aliphatic rings. The second-order valence-electron chi connectivity index (χ2n) is 15.4. The van der Waals surface area contributed by atoms with Gasteiger partial charge in [0.15, 0.2) is 0 Å². The summed E-state index contributed by atoms with van der Waals surface area (Å²) in [5.74, 6) is 0. The number of hydrogen-bond acceptors (Lipinski definition) is 2. The molecule has 0 spiro atoms. The van der Waals surface area contributed by atoms with Crippen LogP contribution in [0.5, 0.6) is 0 Å². The second-order valence-corrected chi connectivity index (χ2v) is 27.0. The summed E-state index contributed by atoms with van der Waals surface area (Å²) in [6.45, 7) is 28.9. The van der Waals surface area contributed by atoms with Crippen LogP contribution >= 0.6 is 0 Å². The molecule has 6 aromatic rings. The minimum Gasteiger partial charge on any atom is -0.466 e. The molecule has 0 aliphatic carbocycles. The van der Waals surface area contributed by atoms with Crippen molar-refractivity contribution in [2.75, 3.05) is 0 Å². The lowest BCUT2D eigenvalue weighted by atomic mass is 9.95. The topological polar surface area (TPSA) is 26.3 Å². The largest absolute Gasteiger partial charge is 0.466 e. The summed E-state index contributed by atoms with van der Waals surface area (Å²) >= 11 is 0. The molecule has 0 atom stereocenters. The van der Waals surface area contributed by atoms with E-state index >= 15 is 0 Å². The average Bonchev–Trinajstić information content (AvgIpc) is 3.57. The molecule has 4 aromatic carbocycles. The zero-order valence-corrected chi connectivity index (χ0v) is 31.1. The van der Waals surface area contributed by atoms with Crippen LogP contribution in [0.15, 0.2) is 69.5 Å². The SMILES string of the molecule is CC(C)[Si](c1cc2c(ccc3c2ccc2c4ccc5oc([Si](C(C)C)(C(C)C)C(C)C)cc5c4ccc32)o1)(C(C)C)C(C)C. The molecule has 232 valence electrons. The Bertz CT molecular complexity index is 1810. The molecular weight excluding hydrogens is 569 g/mol. The third-order valence-corrected chi connectivity index (χ3v) is 25.4. The van der Waals surface area contributed by atoms with E-state index in [1.807, 2.05) is 0 Å². The predicted molar refractivity (Wildman–Crippen MR) is 200 cm³/mol. The van der Waals surface area contributed by atoms with Gasteiger partial charge in [-0.2, -0.15) is 0 Å². The van der Waals surface area contributed by atoms with E-state index in [0.29, 0.717) is 33.2 Å². The van der Waals surface area contributed by atoms with Crippen LogP contribution in [-0.4, -0.2) is 16.1 Å². The van der Waals surface area contributed by atoms with Crippen LogP contribution in [0.2, 0.25) is 33.2 Å². The first-order valence-corrected chi connectivity index (χ1v) is 21.5. The van der Waals surface area contributed by atoms with Crippen LogP contribution in [-0.2, 0) is 0 Å². The van der Waals surface area contributed by atoms with Crippen molar-refractivity contribution in [3.63, 3.8) is 0 Å². The highest BCUT2D eigenvalue weighted by Gasteiger charge is 2.48. The number of rotatable bonds is 8. The monoisotopic (exact) mass is 620 g/mol. The maximum atomic E-state index is 6.79. The molecule has 0 fully saturated rings. The van der Waals surface area contributed by atoms with E-state index in [1.54, 1.807) is 0 Å². The van der Waals surface area contributed by atoms with Crippen LogP contribution < -0.4 is 10.8 Å². The van der Waals surface area contributed by atoms with E-state index in [1.165, 1.54) is 53.9 Å². The first-order chi connectivity index (χ1) is 20.8. The van der Waals surface area contributed by atoms with Crippen molar-refractivity contribution in [1.82, 2.24) is 0 Å². The predicted octanol–water partition coefficient (Wildman–Crippen LogP) is 12.4. The fraction of sp³-hybridized carbons (Fsp3) is 0.450. The van der Waals surface area contributed by atoms with Crippen LogP contribution in [0.1, 0.15) is 83.1 Å². The van der Waals surface area contributed by atoms with Crippen molar-refractivity contribution in [1.29, 1.82) is 0 Å². The summed E-state index contributed by atoms with van der Waals surface area (Å²) in [5.41, 5.74) is 5.69. The van der Waals surface area contributed by atoms with E-state index in [9.17, 15) is 0 Å². The Morgan fingerprint density at radius 2 is 0.568 bits per heavy atom. The molecule has 2 nitrogen and oxygen atoms in total. The third-order valence-electron chi connectivity index (χ3n) is 11.8. The van der Waals surface area contributed by atoms with Crippen molar-refractivity contribution in [3.8, 4) is 0 Å². The number of fused-ring (bicyclic) bond motifs is 9. The van der Waals surface area contributed by atoms with Gasteiger partial charge in [0.05, 0.1) is 10.8 Å². The summed E-state index contributed by atoms with van der Waals surface area (Å²) in [7, 11) is -3.79. The average molecular weight is 621 g/mol. The van der Waals surface area contributed by atoms with Crippen molar-refractivity contribution in [3.05, 3.63) is 60.7 Å². The minimum atomic E-state index is -1.90. The maximum Gasteiger partial charge on any atom is 0.140 e. The Morgan fingerprint density at radius 3 is 0.818 bits per heavy atom. The highest BCUT2D eigenvalue weighted by molar-refractivity contribution is 6.94. The van der Waals surface area contributed by atoms with Crippen molar-refractivity contribution >= 4 is 81.2 Å². The fourth-order valence-electron chi connectivity index (χ4n) is 10.2. The Balaban J connectivity index is 1.57. The maximum absolute atomic E-state index is 6.79. The van der Waals surface area contributed by atoms with Gasteiger partial charge in [0, 0.05) is 10.8 Å². The molecule has 0 aliphatic heterocycles. The standard InChI is InChI=1S/C40H52O2Si2/c1-23(2)43(24(3)4,25(5)6)39-21-35-33-15-13-30-29(31(33)17-19-37(35)41-39)14-16-34-32(30)18-20-38-36(34)22-40(42-38)44(26(7)8,27(9)10)28(11)12/h13-28H,1-12H3. The molecule has 44 heavy (non-hydrogen) atoms. The molecule has 0 N–H and O–H groups in total. The van der Waals surface area contributed by atoms with E-state index in [-0.39, 0.29) is 0 Å². The van der Waals surface area contributed by atoms with Crippen molar-refractivity contribution in [2.45, 2.75) is 116 Å². The molecule has 4 heteroatoms. The fourth-order valence-corrected chi connectivity index (χ4v) is 23.0. The van der Waals surface area contributed by atoms with Gasteiger partial charge < -0.3 is 8.83 Å². The zero-order chi connectivity index (χ0) is 31.9. The van der Waals surface area contributed by atoms with E-state index < -0.39 is 16.1 Å². The smallest absolute Gasteiger partial charge is 0.140 e. The van der Waals surface area contributed by atoms with Crippen molar-refractivity contribution < 1.29 is 8.83 Å². The third kappa shape index (κ3) is 4.16. The first-order valence-electron chi connectivity index (χ1n) is 17.0. The lowest BCUT2D eigenvalue weighted by molar-refractivity contribution is 0.633. The lowest BCUT2D eigenvalue weighted by Crippen LogP contribution is -2.55. The molecule has 2 heterocycles. The minimum absolute atomic E-state index is 0.608. The van der Waals surface area contributed by atoms with Gasteiger partial charge >= 0.3 is 0 Å². The summed E-state index contributed by atoms with van der Waals surface area (Å²) < 4.78 is 13.6. The van der Waals surface area contributed by atoms with Gasteiger partial charge in [0.25, 0.3) is 0 Å². The molecule has 0 radical (unpaired) electrons. The van der Waals surface area contributed by atoms with E-state index in [2.05, 4.69) is 144 Å². The van der Waals surface area contributed by atoms with E-state index in [4.69, 9.17) is 8.83 Å². The Morgan fingerprint density at radius 1 is 0.341 bits per heavy atom. The molecule has 0 saturated carbocycles. The molecule has 0 amide bonds. The van der Waals surface area contributed by atoms with Crippen LogP contribution in [0.25, 0.3) is 54.3 Å². The van der Waals surface area contributed by atoms with Gasteiger partial charge in [0.2, 0.25) is 0 Å². The van der Waals surface area contributed by atoms with Gasteiger partial charge in [-0.3, -0.25) is 0 Å². The number of benzene rings is 4. The second kappa shape index (κ2) is 10.9. The summed E-state index contributed by atoms with van der Waals surface area (Å²) in [6.07, 6.45) is 0. The highest BCUT2D eigenvalue weighted by Crippen LogP contribution is 2.45. The molecule has 2 aromatic heterocycles. The Labute approximate surface area is 266 Å². The molecule has 6 rings (SSSR count). The lowest BCUT2D eigenvalue weighted by Gasteiger charge is -2.40. The summed E-state index contributed by atoms with van der Waals surface area (Å²) in [6, 6.07) is 23.2. The van der Waals surface area contributed by atoms with Gasteiger partial charge in [0.1, 0.15) is 27.3 Å². The van der Waals surface area contributed by atoms with Crippen molar-refractivity contribution in [2.24, 2.45) is 0 Å². The van der Waals surface area contributed by atoms with Crippen LogP contribution in [0.4, 0.5) is 0 Å². The molecule has 0 saturated heterocycles. The normalized spacial score (nSPS) is 13.8. The van der Waals surface area contributed by atoms with E-state index in [0.717, 1.165) is 11.2 Å². The quantitative estimate of drug-likeness (QED) is 0.125. The first kappa shape index (κ1) is 31.2. The molecule has 0 bridgehead atoms. The zero-order valence-electron chi connectivity index (χ0n) is 29.1. The number of furan rings is 2. The molecular formula is C40H52O2Si2. The Kier molecular flexibility index (Phi) is 7.73. The van der Waals surface area contributed by atoms with Gasteiger partial charge in [-0.1, -0.05) is 119 Å². The molecule has 0 unspecified atom stereocenters. The Hall–Kier alpha value is -2.83. The van der Waals surface area contributed by atoms with Gasteiger partial charge in [-0.25, -0.2) is 0 Å². The van der Waals surface area contributed by atoms with Gasteiger partial charge in [-0.15, -0.1) is 0 Å².